The van der Waals surface area contributed by atoms with Crippen molar-refractivity contribution < 1.29 is 18.0 Å². The van der Waals surface area contributed by atoms with E-state index in [-0.39, 0.29) is 23.7 Å². The Bertz CT molecular complexity index is 1120. The number of likely N-dealkylation sites (N-methyl/N-ethyl adjacent to an activating group) is 1. The van der Waals surface area contributed by atoms with E-state index in [0.29, 0.717) is 23.8 Å². The molecule has 3 aliphatic heterocycles. The summed E-state index contributed by atoms with van der Waals surface area (Å²) in [5.41, 5.74) is 0.544. The van der Waals surface area contributed by atoms with E-state index in [1.807, 2.05) is 7.05 Å². The molecule has 1 unspecified atom stereocenters. The van der Waals surface area contributed by atoms with Crippen LogP contribution in [0.15, 0.2) is 42.5 Å². The molecule has 1 amide bonds. The predicted molar refractivity (Wildman–Crippen MR) is 121 cm³/mol. The number of para-hydroxylation sites is 1. The maximum Gasteiger partial charge on any atom is 0.416 e. The average molecular weight is 470 g/mol. The minimum Gasteiger partial charge on any atom is -0.309 e. The first-order valence-corrected chi connectivity index (χ1v) is 11.4. The molecule has 2 aromatic carbocycles. The Morgan fingerprint density at radius 1 is 1.15 bits per heavy atom. The second-order valence-electron chi connectivity index (χ2n) is 9.41. The van der Waals surface area contributed by atoms with Crippen molar-refractivity contribution >= 4 is 11.6 Å². The van der Waals surface area contributed by atoms with E-state index in [9.17, 15) is 18.0 Å². The van der Waals surface area contributed by atoms with Gasteiger partial charge in [0.1, 0.15) is 0 Å². The molecule has 0 bridgehead atoms. The molecule has 6 nitrogen and oxygen atoms in total. The molecule has 34 heavy (non-hydrogen) atoms. The second-order valence-corrected chi connectivity index (χ2v) is 9.41. The van der Waals surface area contributed by atoms with Crippen LogP contribution in [0.4, 0.5) is 18.9 Å². The Kier molecular flexibility index (Phi) is 5.74. The van der Waals surface area contributed by atoms with Crippen molar-refractivity contribution in [1.82, 2.24) is 14.7 Å². The van der Waals surface area contributed by atoms with E-state index in [0.717, 1.165) is 32.6 Å². The van der Waals surface area contributed by atoms with Crippen molar-refractivity contribution in [1.29, 1.82) is 5.26 Å². The molecule has 0 saturated carbocycles. The Labute approximate surface area is 196 Å². The van der Waals surface area contributed by atoms with Crippen molar-refractivity contribution in [3.63, 3.8) is 0 Å². The van der Waals surface area contributed by atoms with Gasteiger partial charge >= 0.3 is 6.18 Å². The van der Waals surface area contributed by atoms with E-state index in [1.54, 1.807) is 41.3 Å². The molecule has 178 valence electrons. The lowest BCUT2D eigenvalue weighted by Crippen LogP contribution is -2.61. The van der Waals surface area contributed by atoms with Gasteiger partial charge < -0.3 is 9.80 Å². The zero-order chi connectivity index (χ0) is 24.0. The summed E-state index contributed by atoms with van der Waals surface area (Å²) in [5.74, 6) is -0.394. The fourth-order valence-corrected chi connectivity index (χ4v) is 5.24. The van der Waals surface area contributed by atoms with Crippen molar-refractivity contribution in [2.75, 3.05) is 38.1 Å². The van der Waals surface area contributed by atoms with Crippen LogP contribution < -0.4 is 4.90 Å². The van der Waals surface area contributed by atoms with Gasteiger partial charge in [0.05, 0.1) is 12.1 Å². The molecule has 3 heterocycles. The van der Waals surface area contributed by atoms with Crippen molar-refractivity contribution in [3.8, 4) is 6.19 Å². The van der Waals surface area contributed by atoms with Crippen molar-refractivity contribution in [2.24, 2.45) is 0 Å². The van der Waals surface area contributed by atoms with Gasteiger partial charge in [0, 0.05) is 56.1 Å². The van der Waals surface area contributed by atoms with Gasteiger partial charge in [-0.1, -0.05) is 18.2 Å². The zero-order valence-corrected chi connectivity index (χ0v) is 18.9. The van der Waals surface area contributed by atoms with Crippen LogP contribution >= 0.6 is 0 Å². The maximum atomic E-state index is 14.0. The van der Waals surface area contributed by atoms with E-state index in [1.165, 1.54) is 11.0 Å². The minimum absolute atomic E-state index is 0.0471. The fraction of sp³-hybridized carbons (Fsp3) is 0.440. The number of anilines is 1. The number of carbonyl (C=O) groups excluding carboxylic acids is 1. The third-order valence-corrected chi connectivity index (χ3v) is 7.24. The standard InChI is InChI=1S/C25H26F3N5O/c1-30(20-13-32(14-20)19-7-8-31(12-19)16-29)11-17-9-21-22(23(10-17)25(26,27)28)15-33(24(21)34)18-5-3-2-4-6-18/h2-6,9-10,19-20H,7-8,11-15H2,1H3. The van der Waals surface area contributed by atoms with Crippen LogP contribution in [0, 0.1) is 11.5 Å². The Balaban J connectivity index is 1.32. The van der Waals surface area contributed by atoms with Gasteiger partial charge in [-0.15, -0.1) is 0 Å². The average Bonchev–Trinajstić information content (AvgIpc) is 3.37. The summed E-state index contributed by atoms with van der Waals surface area (Å²) in [4.78, 5) is 20.6. The highest BCUT2D eigenvalue weighted by atomic mass is 19.4. The quantitative estimate of drug-likeness (QED) is 0.627. The summed E-state index contributed by atoms with van der Waals surface area (Å²) in [6.45, 7) is 3.44. The number of amides is 1. The smallest absolute Gasteiger partial charge is 0.309 e. The summed E-state index contributed by atoms with van der Waals surface area (Å²) in [6, 6.07) is 12.2. The number of rotatable bonds is 5. The second kappa shape index (κ2) is 8.60. The third kappa shape index (κ3) is 4.12. The molecule has 5 rings (SSSR count). The molecule has 0 radical (unpaired) electrons. The number of carbonyl (C=O) groups is 1. The summed E-state index contributed by atoms with van der Waals surface area (Å²) in [6.07, 6.45) is -1.38. The topological polar surface area (TPSA) is 53.8 Å². The van der Waals surface area contributed by atoms with Crippen LogP contribution in [0.1, 0.15) is 33.5 Å². The molecular formula is C25H26F3N5O. The first kappa shape index (κ1) is 22.7. The predicted octanol–water partition coefficient (Wildman–Crippen LogP) is 3.54. The number of nitrogens with zero attached hydrogens (tertiary/aromatic N) is 5. The van der Waals surface area contributed by atoms with Crippen LogP contribution in [-0.2, 0) is 19.3 Å². The molecular weight excluding hydrogens is 443 g/mol. The zero-order valence-electron chi connectivity index (χ0n) is 18.9. The molecule has 0 N–H and O–H groups in total. The lowest BCUT2D eigenvalue weighted by molar-refractivity contribution is -0.138. The molecule has 2 saturated heterocycles. The van der Waals surface area contributed by atoms with E-state index in [4.69, 9.17) is 5.26 Å². The number of hydrogen-bond acceptors (Lipinski definition) is 5. The number of halogens is 3. The Hall–Kier alpha value is -3.09. The molecule has 0 aromatic heterocycles. The van der Waals surface area contributed by atoms with Gasteiger partial charge in [0.2, 0.25) is 0 Å². The van der Waals surface area contributed by atoms with Gasteiger partial charge in [-0.25, -0.2) is 0 Å². The summed E-state index contributed by atoms with van der Waals surface area (Å²) in [7, 11) is 1.91. The molecule has 2 fully saturated rings. The van der Waals surface area contributed by atoms with Gasteiger partial charge in [0.15, 0.2) is 6.19 Å². The van der Waals surface area contributed by atoms with Crippen LogP contribution in [0.25, 0.3) is 0 Å². The normalized spacial score (nSPS) is 21.2. The van der Waals surface area contributed by atoms with Gasteiger partial charge in [0.25, 0.3) is 5.91 Å². The monoisotopic (exact) mass is 469 g/mol. The number of nitriles is 1. The molecule has 9 heteroatoms. The largest absolute Gasteiger partial charge is 0.416 e. The van der Waals surface area contributed by atoms with Gasteiger partial charge in [-0.2, -0.15) is 18.4 Å². The summed E-state index contributed by atoms with van der Waals surface area (Å²) < 4.78 is 41.9. The molecule has 2 aromatic rings. The number of benzene rings is 2. The van der Waals surface area contributed by atoms with Crippen LogP contribution in [0.5, 0.6) is 0 Å². The van der Waals surface area contributed by atoms with E-state index in [2.05, 4.69) is 16.0 Å². The summed E-state index contributed by atoms with van der Waals surface area (Å²) in [5, 5.41) is 9.05. The first-order valence-electron chi connectivity index (χ1n) is 11.4. The number of likely N-dealkylation sites (tertiary alicyclic amines) is 2. The lowest BCUT2D eigenvalue weighted by atomic mass is 9.97. The van der Waals surface area contributed by atoms with Crippen molar-refractivity contribution in [3.05, 3.63) is 64.7 Å². The number of fused-ring (bicyclic) bond motifs is 1. The SMILES string of the molecule is CN(Cc1cc2c(c(C(F)(F)F)c1)CN(c1ccccc1)C2=O)C1CN(C2CCN(C#N)C2)C1. The highest BCUT2D eigenvalue weighted by Crippen LogP contribution is 2.39. The first-order chi connectivity index (χ1) is 16.2. The summed E-state index contributed by atoms with van der Waals surface area (Å²) >= 11 is 0. The molecule has 0 spiro atoms. The highest BCUT2D eigenvalue weighted by Gasteiger charge is 2.41. The maximum absolute atomic E-state index is 14.0. The molecule has 1 atom stereocenters. The molecule has 3 aliphatic rings. The minimum atomic E-state index is -4.53. The Morgan fingerprint density at radius 3 is 2.53 bits per heavy atom. The van der Waals surface area contributed by atoms with Crippen LogP contribution in [0.2, 0.25) is 0 Å². The lowest BCUT2D eigenvalue weighted by Gasteiger charge is -2.47. The van der Waals surface area contributed by atoms with Gasteiger partial charge in [-0.05, 0) is 48.9 Å². The van der Waals surface area contributed by atoms with Crippen LogP contribution in [-0.4, -0.2) is 65.9 Å². The third-order valence-electron chi connectivity index (χ3n) is 7.24. The van der Waals surface area contributed by atoms with Gasteiger partial charge in [-0.3, -0.25) is 14.6 Å². The van der Waals surface area contributed by atoms with Crippen molar-refractivity contribution in [2.45, 2.75) is 37.8 Å². The highest BCUT2D eigenvalue weighted by molar-refractivity contribution is 6.10. The van der Waals surface area contributed by atoms with Crippen LogP contribution in [0.3, 0.4) is 0 Å². The fourth-order valence-electron chi connectivity index (χ4n) is 5.24. The Morgan fingerprint density at radius 2 is 1.88 bits per heavy atom. The van der Waals surface area contributed by atoms with E-state index < -0.39 is 17.6 Å². The van der Waals surface area contributed by atoms with E-state index >= 15 is 0 Å². The number of alkyl halides is 3. The number of hydrogen-bond donors (Lipinski definition) is 0. The molecule has 0 aliphatic carbocycles.